The molecule has 0 saturated carbocycles. The van der Waals surface area contributed by atoms with E-state index in [0.29, 0.717) is 0 Å². The number of nitrogens with two attached hydrogens (primary N) is 1. The number of aromatic amines is 1. The van der Waals surface area contributed by atoms with Gasteiger partial charge in [0.2, 0.25) is 5.95 Å². The third-order valence-electron chi connectivity index (χ3n) is 4.03. The largest absolute Gasteiger partial charge is 0.475 e. The molecule has 2 fully saturated rings. The molecule has 0 unspecified atom stereocenters. The summed E-state index contributed by atoms with van der Waals surface area (Å²) in [5.74, 6) is -0.182. The third-order valence-corrected chi connectivity index (χ3v) is 6.06. The van der Waals surface area contributed by atoms with E-state index in [1.165, 1.54) is 0 Å². The van der Waals surface area contributed by atoms with Crippen molar-refractivity contribution in [2.45, 2.75) is 43.5 Å². The molecule has 0 amide bonds. The van der Waals surface area contributed by atoms with Gasteiger partial charge in [-0.2, -0.15) is 4.98 Å². The lowest BCUT2D eigenvalue weighted by Crippen LogP contribution is -2.43. The highest BCUT2D eigenvalue weighted by atomic mass is 35.5. The Morgan fingerprint density at radius 2 is 2.33 bits per heavy atom. The van der Waals surface area contributed by atoms with E-state index < -0.39 is 43.0 Å². The second-order valence-corrected chi connectivity index (χ2v) is 8.55. The summed E-state index contributed by atoms with van der Waals surface area (Å²) < 4.78 is 50.2. The van der Waals surface area contributed by atoms with Crippen LogP contribution in [0.1, 0.15) is 20.1 Å². The zero-order valence-electron chi connectivity index (χ0n) is 14.2. The van der Waals surface area contributed by atoms with Crippen LogP contribution in [0.25, 0.3) is 11.2 Å². The van der Waals surface area contributed by atoms with Crippen molar-refractivity contribution in [3.05, 3.63) is 16.7 Å². The van der Waals surface area contributed by atoms with Gasteiger partial charge in [0.15, 0.2) is 23.5 Å². The second-order valence-electron chi connectivity index (χ2n) is 6.40. The maximum Gasteiger partial charge on any atom is 0.475 e. The van der Waals surface area contributed by atoms with Crippen LogP contribution >= 0.6 is 19.4 Å². The maximum atomic E-state index is 15.5. The molecule has 5 atom stereocenters. The van der Waals surface area contributed by atoms with Crippen molar-refractivity contribution in [3.63, 3.8) is 0 Å². The number of ether oxygens (including phenoxy) is 1. The van der Waals surface area contributed by atoms with Gasteiger partial charge < -0.3 is 10.5 Å². The highest BCUT2D eigenvalue weighted by Crippen LogP contribution is 2.61. The van der Waals surface area contributed by atoms with Gasteiger partial charge in [-0.1, -0.05) is 11.6 Å². The summed E-state index contributed by atoms with van der Waals surface area (Å²) in [6, 6.07) is 0. The Hall–Kier alpha value is -1.56. The Kier molecular flexibility index (Phi) is 4.33. The molecule has 0 radical (unpaired) electrons. The van der Waals surface area contributed by atoms with Crippen molar-refractivity contribution in [3.8, 4) is 0 Å². The van der Waals surface area contributed by atoms with Crippen molar-refractivity contribution >= 4 is 36.5 Å². The van der Waals surface area contributed by atoms with E-state index in [2.05, 4.69) is 15.0 Å². The summed E-state index contributed by atoms with van der Waals surface area (Å²) in [6.07, 6.45) is -3.23. The molecule has 11 nitrogen and oxygen atoms in total. The molecule has 2 saturated heterocycles. The number of halogens is 2. The number of nitrogen functional groups attached to an aromatic ring is 1. The highest BCUT2D eigenvalue weighted by Gasteiger charge is 2.63. The molecule has 3 N–H and O–H groups in total. The number of nitrogens with zero attached hydrogens (tertiary/aromatic N) is 3. The first-order valence-electron chi connectivity index (χ1n) is 7.98. The van der Waals surface area contributed by atoms with Gasteiger partial charge in [0.1, 0.15) is 6.10 Å². The SMILES string of the molecule is CC(C)O[P@]1(=O)OC[C@H]2O[C@@H](n3cnc4c(=O)[nH]c(N)nc43)[C@](F)(Cl)[C@@H]2O1. The van der Waals surface area contributed by atoms with Gasteiger partial charge in [-0.3, -0.25) is 27.9 Å². The Balaban J connectivity index is 1.71. The van der Waals surface area contributed by atoms with E-state index >= 15 is 4.39 Å². The molecule has 0 spiro atoms. The number of alkyl halides is 2. The van der Waals surface area contributed by atoms with Crippen molar-refractivity contribution in [1.29, 1.82) is 0 Å². The smallest absolute Gasteiger partial charge is 0.369 e. The summed E-state index contributed by atoms with van der Waals surface area (Å²) in [7, 11) is -4.01. The van der Waals surface area contributed by atoms with Gasteiger partial charge in [-0.15, -0.1) is 0 Å². The Bertz CT molecular complexity index is 995. The van der Waals surface area contributed by atoms with Crippen LogP contribution in [0.15, 0.2) is 11.1 Å². The summed E-state index contributed by atoms with van der Waals surface area (Å²) in [4.78, 5) is 22.1. The lowest BCUT2D eigenvalue weighted by atomic mass is 10.1. The first-order chi connectivity index (χ1) is 12.6. The molecular formula is C13H16ClFN5O6P. The van der Waals surface area contributed by atoms with Gasteiger partial charge >= 0.3 is 7.82 Å². The fraction of sp³-hybridized carbons (Fsp3) is 0.615. The van der Waals surface area contributed by atoms with Crippen molar-refractivity contribution in [1.82, 2.24) is 19.5 Å². The van der Waals surface area contributed by atoms with Crippen LogP contribution in [0.5, 0.6) is 0 Å². The minimum absolute atomic E-state index is 0.0231. The van der Waals surface area contributed by atoms with Gasteiger partial charge in [-0.05, 0) is 13.8 Å². The van der Waals surface area contributed by atoms with Gasteiger partial charge in [0.25, 0.3) is 10.7 Å². The molecule has 2 aliphatic rings. The summed E-state index contributed by atoms with van der Waals surface area (Å²) in [6.45, 7) is 2.99. The quantitative estimate of drug-likeness (QED) is 0.553. The second kappa shape index (κ2) is 6.23. The number of imidazole rings is 1. The predicted octanol–water partition coefficient (Wildman–Crippen LogP) is 1.45. The number of fused-ring (bicyclic) bond motifs is 2. The monoisotopic (exact) mass is 423 g/mol. The molecule has 0 bridgehead atoms. The molecular weight excluding hydrogens is 408 g/mol. The normalized spacial score (nSPS) is 36.4. The minimum Gasteiger partial charge on any atom is -0.369 e. The zero-order valence-corrected chi connectivity index (χ0v) is 15.8. The highest BCUT2D eigenvalue weighted by molar-refractivity contribution is 7.48. The lowest BCUT2D eigenvalue weighted by molar-refractivity contribution is -0.0733. The lowest BCUT2D eigenvalue weighted by Gasteiger charge is -2.33. The van der Waals surface area contributed by atoms with Crippen molar-refractivity contribution in [2.75, 3.05) is 12.3 Å². The standard InChI is InChI=1S/C13H16ClFN5O6P/c1-5(2)25-27(22)23-3-6-8(26-27)13(14,15)11(24-6)20-4-17-7-9(20)18-12(16)19-10(7)21/h4-6,8,11H,3H2,1-2H3,(H3,16,18,19,21)/t6-,8-,11-,13+,27+/m1/s1. The number of aromatic nitrogens is 4. The van der Waals surface area contributed by atoms with Crippen LogP contribution in [0.3, 0.4) is 0 Å². The fourth-order valence-corrected chi connectivity index (χ4v) is 4.98. The van der Waals surface area contributed by atoms with E-state index in [-0.39, 0.29) is 23.7 Å². The first-order valence-corrected chi connectivity index (χ1v) is 9.81. The minimum atomic E-state index is -4.01. The molecule has 27 heavy (non-hydrogen) atoms. The Morgan fingerprint density at radius 1 is 1.59 bits per heavy atom. The molecule has 4 heterocycles. The van der Waals surface area contributed by atoms with Crippen LogP contribution in [0, 0.1) is 0 Å². The van der Waals surface area contributed by atoms with Gasteiger partial charge in [-0.25, -0.2) is 13.9 Å². The average Bonchev–Trinajstić information content (AvgIpc) is 3.05. The van der Waals surface area contributed by atoms with E-state index in [0.717, 1.165) is 10.9 Å². The maximum absolute atomic E-state index is 15.5. The summed E-state index contributed by atoms with van der Waals surface area (Å²) >= 11 is 6.10. The van der Waals surface area contributed by atoms with Crippen LogP contribution in [-0.2, 0) is 22.9 Å². The number of rotatable bonds is 3. The molecule has 148 valence electrons. The zero-order chi connectivity index (χ0) is 19.6. The summed E-state index contributed by atoms with van der Waals surface area (Å²) in [5.41, 5.74) is 4.86. The number of nitrogens with one attached hydrogen (secondary N) is 1. The number of H-pyrrole nitrogens is 1. The van der Waals surface area contributed by atoms with Gasteiger partial charge in [0.05, 0.1) is 19.0 Å². The van der Waals surface area contributed by atoms with E-state index in [1.807, 2.05) is 0 Å². The molecule has 14 heteroatoms. The Labute approximate surface area is 156 Å². The van der Waals surface area contributed by atoms with Crippen LogP contribution < -0.4 is 11.3 Å². The number of phosphoric acid groups is 1. The van der Waals surface area contributed by atoms with E-state index in [4.69, 9.17) is 35.6 Å². The predicted molar refractivity (Wildman–Crippen MR) is 90.8 cm³/mol. The number of phosphoric ester groups is 1. The first kappa shape index (κ1) is 18.8. The van der Waals surface area contributed by atoms with Crippen molar-refractivity contribution in [2.24, 2.45) is 0 Å². The van der Waals surface area contributed by atoms with Crippen LogP contribution in [0.2, 0.25) is 0 Å². The summed E-state index contributed by atoms with van der Waals surface area (Å²) in [5, 5.41) is -2.67. The molecule has 4 rings (SSSR count). The number of hydrogen-bond donors (Lipinski definition) is 2. The Morgan fingerprint density at radius 3 is 3.04 bits per heavy atom. The number of anilines is 1. The van der Waals surface area contributed by atoms with E-state index in [1.54, 1.807) is 13.8 Å². The number of hydrogen-bond acceptors (Lipinski definition) is 9. The van der Waals surface area contributed by atoms with E-state index in [9.17, 15) is 9.36 Å². The third kappa shape index (κ3) is 3.06. The molecule has 2 aromatic heterocycles. The topological polar surface area (TPSA) is 144 Å². The van der Waals surface area contributed by atoms with Gasteiger partial charge in [0, 0.05) is 0 Å². The van der Waals surface area contributed by atoms with Crippen LogP contribution in [-0.4, -0.2) is 49.6 Å². The average molecular weight is 424 g/mol. The molecule has 0 aliphatic carbocycles. The molecule has 0 aromatic carbocycles. The molecule has 2 aromatic rings. The fourth-order valence-electron chi connectivity index (χ4n) is 2.99. The van der Waals surface area contributed by atoms with Crippen molar-refractivity contribution < 1.29 is 27.3 Å². The van der Waals surface area contributed by atoms with Crippen LogP contribution in [0.4, 0.5) is 10.3 Å². The molecule has 2 aliphatic heterocycles.